The minimum Gasteiger partial charge on any atom is -0.497 e. The van der Waals surface area contributed by atoms with E-state index in [0.717, 1.165) is 0 Å². The zero-order valence-corrected chi connectivity index (χ0v) is 13.2. The predicted octanol–water partition coefficient (Wildman–Crippen LogP) is 2.29. The molecule has 7 heteroatoms. The van der Waals surface area contributed by atoms with Gasteiger partial charge in [0.25, 0.3) is 11.8 Å². The third-order valence-corrected chi connectivity index (χ3v) is 3.54. The van der Waals surface area contributed by atoms with Gasteiger partial charge in [-0.1, -0.05) is 6.07 Å². The SMILES string of the molecule is COc1ccc(OC)c(NC(=O)c2cccc3c2OCC(=O)N3)c1. The van der Waals surface area contributed by atoms with Crippen molar-refractivity contribution in [3.05, 3.63) is 42.0 Å². The summed E-state index contributed by atoms with van der Waals surface area (Å²) in [6.07, 6.45) is 0. The minimum absolute atomic E-state index is 0.125. The van der Waals surface area contributed by atoms with Crippen LogP contribution in [0.15, 0.2) is 36.4 Å². The first kappa shape index (κ1) is 15.7. The van der Waals surface area contributed by atoms with Crippen LogP contribution >= 0.6 is 0 Å². The average molecular weight is 328 g/mol. The van der Waals surface area contributed by atoms with Gasteiger partial charge in [-0.3, -0.25) is 9.59 Å². The molecule has 0 spiro atoms. The molecule has 0 saturated heterocycles. The van der Waals surface area contributed by atoms with Gasteiger partial charge in [0.15, 0.2) is 12.4 Å². The Balaban J connectivity index is 1.91. The lowest BCUT2D eigenvalue weighted by Gasteiger charge is -2.20. The molecule has 0 atom stereocenters. The van der Waals surface area contributed by atoms with E-state index in [0.29, 0.717) is 34.2 Å². The number of nitrogens with one attached hydrogen (secondary N) is 2. The number of methoxy groups -OCH3 is 2. The van der Waals surface area contributed by atoms with Crippen molar-refractivity contribution in [2.45, 2.75) is 0 Å². The number of fused-ring (bicyclic) bond motifs is 1. The van der Waals surface area contributed by atoms with Crippen molar-refractivity contribution < 1.29 is 23.8 Å². The van der Waals surface area contributed by atoms with Crippen molar-refractivity contribution in [1.29, 1.82) is 0 Å². The molecule has 0 unspecified atom stereocenters. The molecule has 2 aromatic rings. The van der Waals surface area contributed by atoms with Crippen LogP contribution in [0.5, 0.6) is 17.2 Å². The molecule has 1 aliphatic heterocycles. The standard InChI is InChI=1S/C17H16N2O5/c1-22-10-6-7-14(23-2)13(8-10)19-17(21)11-4-3-5-12-16(11)24-9-15(20)18-12/h3-8H,9H2,1-2H3,(H,18,20)(H,19,21). The Hall–Kier alpha value is -3.22. The number of carbonyl (C=O) groups is 2. The molecule has 0 aliphatic carbocycles. The average Bonchev–Trinajstić information content (AvgIpc) is 2.60. The number of benzene rings is 2. The summed E-state index contributed by atoms with van der Waals surface area (Å²) >= 11 is 0. The van der Waals surface area contributed by atoms with Crippen LogP contribution in [0.3, 0.4) is 0 Å². The highest BCUT2D eigenvalue weighted by molar-refractivity contribution is 6.09. The van der Waals surface area contributed by atoms with Gasteiger partial charge in [0, 0.05) is 6.07 Å². The third-order valence-electron chi connectivity index (χ3n) is 3.54. The van der Waals surface area contributed by atoms with Crippen LogP contribution in [0.4, 0.5) is 11.4 Å². The highest BCUT2D eigenvalue weighted by Crippen LogP contribution is 2.34. The van der Waals surface area contributed by atoms with Crippen molar-refractivity contribution in [1.82, 2.24) is 0 Å². The van der Waals surface area contributed by atoms with Crippen molar-refractivity contribution in [3.8, 4) is 17.2 Å². The minimum atomic E-state index is -0.380. The van der Waals surface area contributed by atoms with Gasteiger partial charge < -0.3 is 24.8 Å². The van der Waals surface area contributed by atoms with Crippen LogP contribution < -0.4 is 24.8 Å². The molecule has 3 rings (SSSR count). The van der Waals surface area contributed by atoms with E-state index in [1.807, 2.05) is 0 Å². The van der Waals surface area contributed by atoms with Gasteiger partial charge in [-0.15, -0.1) is 0 Å². The summed E-state index contributed by atoms with van der Waals surface area (Å²) in [5.41, 5.74) is 1.26. The van der Waals surface area contributed by atoms with Gasteiger partial charge in [0.2, 0.25) is 0 Å². The monoisotopic (exact) mass is 328 g/mol. The van der Waals surface area contributed by atoms with E-state index in [2.05, 4.69) is 10.6 Å². The summed E-state index contributed by atoms with van der Waals surface area (Å²) in [4.78, 5) is 24.0. The van der Waals surface area contributed by atoms with Gasteiger partial charge in [-0.2, -0.15) is 0 Å². The first-order valence-electron chi connectivity index (χ1n) is 7.21. The summed E-state index contributed by atoms with van der Waals surface area (Å²) in [5.74, 6) is 0.799. The van der Waals surface area contributed by atoms with E-state index >= 15 is 0 Å². The van der Waals surface area contributed by atoms with E-state index in [1.165, 1.54) is 14.2 Å². The molecule has 24 heavy (non-hydrogen) atoms. The number of ether oxygens (including phenoxy) is 3. The predicted molar refractivity (Wildman–Crippen MR) is 88.1 cm³/mol. The first-order chi connectivity index (χ1) is 11.6. The Morgan fingerprint density at radius 2 is 2.04 bits per heavy atom. The Kier molecular flexibility index (Phi) is 4.24. The van der Waals surface area contributed by atoms with Gasteiger partial charge in [0.1, 0.15) is 11.5 Å². The summed E-state index contributed by atoms with van der Waals surface area (Å²) in [6.45, 7) is -0.125. The molecule has 2 amide bonds. The number of carbonyl (C=O) groups excluding carboxylic acids is 2. The van der Waals surface area contributed by atoms with Crippen LogP contribution in [0.1, 0.15) is 10.4 Å². The molecule has 7 nitrogen and oxygen atoms in total. The Morgan fingerprint density at radius 1 is 1.21 bits per heavy atom. The third kappa shape index (κ3) is 2.96. The fraction of sp³-hybridized carbons (Fsp3) is 0.176. The summed E-state index contributed by atoms with van der Waals surface area (Å²) < 4.78 is 15.8. The van der Waals surface area contributed by atoms with Crippen LogP contribution in [0, 0.1) is 0 Å². The second-order valence-corrected chi connectivity index (χ2v) is 5.04. The van der Waals surface area contributed by atoms with Crippen LogP contribution in [-0.2, 0) is 4.79 Å². The molecule has 0 radical (unpaired) electrons. The molecule has 0 fully saturated rings. The first-order valence-corrected chi connectivity index (χ1v) is 7.21. The summed E-state index contributed by atoms with van der Waals surface area (Å²) in [6, 6.07) is 10.1. The van der Waals surface area contributed by atoms with Gasteiger partial charge in [0.05, 0.1) is 31.2 Å². The smallest absolute Gasteiger partial charge is 0.262 e. The lowest BCUT2D eigenvalue weighted by molar-refractivity contribution is -0.118. The van der Waals surface area contributed by atoms with E-state index in [9.17, 15) is 9.59 Å². The lowest BCUT2D eigenvalue weighted by Crippen LogP contribution is -2.27. The fourth-order valence-electron chi connectivity index (χ4n) is 2.40. The Labute approximate surface area is 138 Å². The van der Waals surface area contributed by atoms with E-state index in [4.69, 9.17) is 14.2 Å². The van der Waals surface area contributed by atoms with E-state index in [1.54, 1.807) is 36.4 Å². The zero-order valence-electron chi connectivity index (χ0n) is 13.2. The largest absolute Gasteiger partial charge is 0.497 e. The van der Waals surface area contributed by atoms with Gasteiger partial charge >= 0.3 is 0 Å². The number of amides is 2. The number of para-hydroxylation sites is 1. The summed E-state index contributed by atoms with van der Waals surface area (Å²) in [5, 5.41) is 5.45. The highest BCUT2D eigenvalue weighted by atomic mass is 16.5. The lowest BCUT2D eigenvalue weighted by atomic mass is 10.1. The highest BCUT2D eigenvalue weighted by Gasteiger charge is 2.23. The van der Waals surface area contributed by atoms with Crippen LogP contribution in [0.25, 0.3) is 0 Å². The molecule has 0 aromatic heterocycles. The normalized spacial score (nSPS) is 12.5. The van der Waals surface area contributed by atoms with Gasteiger partial charge in [-0.25, -0.2) is 0 Å². The molecule has 0 bridgehead atoms. The molecule has 124 valence electrons. The fourth-order valence-corrected chi connectivity index (χ4v) is 2.40. The molecule has 2 N–H and O–H groups in total. The Morgan fingerprint density at radius 3 is 2.79 bits per heavy atom. The number of anilines is 2. The second-order valence-electron chi connectivity index (χ2n) is 5.04. The van der Waals surface area contributed by atoms with Crippen LogP contribution in [0.2, 0.25) is 0 Å². The quantitative estimate of drug-likeness (QED) is 0.899. The number of hydrogen-bond donors (Lipinski definition) is 2. The van der Waals surface area contributed by atoms with E-state index in [-0.39, 0.29) is 18.4 Å². The second kappa shape index (κ2) is 6.49. The number of hydrogen-bond acceptors (Lipinski definition) is 5. The topological polar surface area (TPSA) is 85.9 Å². The summed E-state index contributed by atoms with van der Waals surface area (Å²) in [7, 11) is 3.05. The maximum Gasteiger partial charge on any atom is 0.262 e. The molecular weight excluding hydrogens is 312 g/mol. The Bertz CT molecular complexity index is 804. The molecule has 1 heterocycles. The number of rotatable bonds is 4. The molecule has 0 saturated carbocycles. The zero-order chi connectivity index (χ0) is 17.1. The molecule has 2 aromatic carbocycles. The molecular formula is C17H16N2O5. The van der Waals surface area contributed by atoms with Crippen LogP contribution in [-0.4, -0.2) is 32.6 Å². The van der Waals surface area contributed by atoms with Crippen molar-refractivity contribution in [2.24, 2.45) is 0 Å². The molecule has 1 aliphatic rings. The van der Waals surface area contributed by atoms with E-state index < -0.39 is 0 Å². The van der Waals surface area contributed by atoms with Crippen molar-refractivity contribution in [3.63, 3.8) is 0 Å². The maximum atomic E-state index is 12.6. The van der Waals surface area contributed by atoms with Crippen molar-refractivity contribution >= 4 is 23.2 Å². The van der Waals surface area contributed by atoms with Crippen molar-refractivity contribution in [2.75, 3.05) is 31.5 Å². The maximum absolute atomic E-state index is 12.6. The van der Waals surface area contributed by atoms with Gasteiger partial charge in [-0.05, 0) is 24.3 Å².